The number of nitrogens with zero attached hydrogens (tertiary/aromatic N) is 1. The van der Waals surface area contributed by atoms with Gasteiger partial charge in [0.15, 0.2) is 0 Å². The van der Waals surface area contributed by atoms with Gasteiger partial charge in [-0.3, -0.25) is 4.79 Å². The Morgan fingerprint density at radius 1 is 1.38 bits per heavy atom. The second kappa shape index (κ2) is 6.20. The van der Waals surface area contributed by atoms with E-state index < -0.39 is 0 Å². The van der Waals surface area contributed by atoms with Crippen molar-refractivity contribution in [1.82, 2.24) is 4.90 Å². The van der Waals surface area contributed by atoms with Crippen molar-refractivity contribution in [3.63, 3.8) is 0 Å². The zero-order valence-electron chi connectivity index (χ0n) is 11.8. The third kappa shape index (κ3) is 3.14. The van der Waals surface area contributed by atoms with Gasteiger partial charge in [-0.1, -0.05) is 18.2 Å². The maximum absolute atomic E-state index is 12.7. The average molecular weight is 365 g/mol. The average Bonchev–Trinajstić information content (AvgIpc) is 3.09. The normalized spacial score (nSPS) is 16.4. The van der Waals surface area contributed by atoms with Crippen molar-refractivity contribution in [2.24, 2.45) is 0 Å². The maximum Gasteiger partial charge on any atom is 0.245 e. The van der Waals surface area contributed by atoms with E-state index in [4.69, 9.17) is 0 Å². The van der Waals surface area contributed by atoms with E-state index in [2.05, 4.69) is 33.4 Å². The van der Waals surface area contributed by atoms with Crippen LogP contribution < -0.4 is 5.32 Å². The molecule has 1 aliphatic rings. The van der Waals surface area contributed by atoms with Gasteiger partial charge in [-0.15, -0.1) is 11.3 Å². The summed E-state index contributed by atoms with van der Waals surface area (Å²) < 4.78 is 1.10. The lowest BCUT2D eigenvalue weighted by atomic mass is 10.1. The van der Waals surface area contributed by atoms with Gasteiger partial charge in [-0.05, 0) is 46.6 Å². The minimum absolute atomic E-state index is 0.134. The molecule has 3 rings (SSSR count). The zero-order chi connectivity index (χ0) is 14.8. The van der Waals surface area contributed by atoms with Crippen molar-refractivity contribution in [2.45, 2.75) is 25.9 Å². The molecule has 0 bridgehead atoms. The fourth-order valence-electron chi connectivity index (χ4n) is 2.64. The Bertz CT molecular complexity index is 630. The Balaban J connectivity index is 1.69. The highest BCUT2D eigenvalue weighted by atomic mass is 79.9. The molecule has 0 radical (unpaired) electrons. The number of anilines is 1. The van der Waals surface area contributed by atoms with Crippen LogP contribution in [0.3, 0.4) is 0 Å². The van der Waals surface area contributed by atoms with Gasteiger partial charge in [-0.2, -0.15) is 0 Å². The van der Waals surface area contributed by atoms with Crippen LogP contribution >= 0.6 is 27.3 Å². The predicted molar refractivity (Wildman–Crippen MR) is 90.7 cm³/mol. The summed E-state index contributed by atoms with van der Waals surface area (Å²) in [6, 6.07) is 12.1. The van der Waals surface area contributed by atoms with Crippen LogP contribution in [0.4, 0.5) is 5.69 Å². The molecule has 0 fully saturated rings. The molecule has 1 aromatic carbocycles. The van der Waals surface area contributed by atoms with E-state index >= 15 is 0 Å². The number of hydrogen-bond donors (Lipinski definition) is 1. The molecule has 3 nitrogen and oxygen atoms in total. The fraction of sp³-hybridized carbons (Fsp3) is 0.312. The topological polar surface area (TPSA) is 32.3 Å². The van der Waals surface area contributed by atoms with Crippen molar-refractivity contribution in [3.05, 3.63) is 50.6 Å². The first-order chi connectivity index (χ1) is 10.2. The lowest BCUT2D eigenvalue weighted by Crippen LogP contribution is -2.41. The van der Waals surface area contributed by atoms with E-state index in [-0.39, 0.29) is 11.9 Å². The van der Waals surface area contributed by atoms with Crippen LogP contribution in [-0.2, 0) is 17.8 Å². The van der Waals surface area contributed by atoms with Crippen LogP contribution in [-0.4, -0.2) is 23.4 Å². The summed E-state index contributed by atoms with van der Waals surface area (Å²) >= 11 is 5.15. The van der Waals surface area contributed by atoms with Gasteiger partial charge in [-0.25, -0.2) is 0 Å². The predicted octanol–water partition coefficient (Wildman–Crippen LogP) is 3.90. The van der Waals surface area contributed by atoms with Gasteiger partial charge in [0, 0.05) is 23.5 Å². The van der Waals surface area contributed by atoms with Crippen molar-refractivity contribution < 1.29 is 4.79 Å². The quantitative estimate of drug-likeness (QED) is 0.892. The van der Waals surface area contributed by atoms with Crippen LogP contribution in [0.2, 0.25) is 0 Å². The number of fused-ring (bicyclic) bond motifs is 1. The van der Waals surface area contributed by atoms with Crippen LogP contribution in [0.15, 0.2) is 40.2 Å². The second-order valence-corrected chi connectivity index (χ2v) is 7.66. The van der Waals surface area contributed by atoms with Crippen molar-refractivity contribution in [1.29, 1.82) is 0 Å². The van der Waals surface area contributed by atoms with Gasteiger partial charge in [0.05, 0.1) is 10.3 Å². The lowest BCUT2D eigenvalue weighted by molar-refractivity contribution is -0.132. The number of carbonyl (C=O) groups excluding carboxylic acids is 1. The molecule has 21 heavy (non-hydrogen) atoms. The first-order valence-electron chi connectivity index (χ1n) is 7.05. The van der Waals surface area contributed by atoms with E-state index in [0.29, 0.717) is 6.54 Å². The smallest absolute Gasteiger partial charge is 0.245 e. The van der Waals surface area contributed by atoms with E-state index in [0.717, 1.165) is 22.4 Å². The molecule has 1 aromatic heterocycles. The number of benzene rings is 1. The highest BCUT2D eigenvalue weighted by Gasteiger charge is 2.29. The molecule has 1 N–H and O–H groups in total. The van der Waals surface area contributed by atoms with E-state index in [1.165, 1.54) is 10.4 Å². The molecule has 1 atom stereocenters. The van der Waals surface area contributed by atoms with Gasteiger partial charge < -0.3 is 10.2 Å². The Hall–Kier alpha value is -1.33. The number of thiophene rings is 1. The summed E-state index contributed by atoms with van der Waals surface area (Å²) in [4.78, 5) is 15.8. The number of likely N-dealkylation sites (N-methyl/N-ethyl adjacent to an activating group) is 1. The molecule has 110 valence electrons. The van der Waals surface area contributed by atoms with Crippen LogP contribution in [0.25, 0.3) is 0 Å². The Labute approximate surface area is 137 Å². The summed E-state index contributed by atoms with van der Waals surface area (Å²) in [6.07, 6.45) is 0.777. The van der Waals surface area contributed by atoms with Crippen molar-refractivity contribution in [2.75, 3.05) is 11.9 Å². The second-order valence-electron chi connectivity index (χ2n) is 5.12. The molecule has 0 unspecified atom stereocenters. The van der Waals surface area contributed by atoms with Gasteiger partial charge in [0.1, 0.15) is 6.04 Å². The Kier molecular flexibility index (Phi) is 4.31. The number of nitrogens with one attached hydrogen (secondary N) is 1. The molecule has 1 aliphatic heterocycles. The van der Waals surface area contributed by atoms with Crippen molar-refractivity contribution in [3.8, 4) is 0 Å². The molecule has 1 amide bonds. The van der Waals surface area contributed by atoms with E-state index in [1.54, 1.807) is 11.3 Å². The summed E-state index contributed by atoms with van der Waals surface area (Å²) in [5.74, 6) is 0.179. The summed E-state index contributed by atoms with van der Waals surface area (Å²) in [5, 5.41) is 3.34. The minimum atomic E-state index is -0.134. The highest BCUT2D eigenvalue weighted by molar-refractivity contribution is 9.11. The number of para-hydroxylation sites is 1. The number of halogens is 1. The van der Waals surface area contributed by atoms with E-state index in [9.17, 15) is 4.79 Å². The highest BCUT2D eigenvalue weighted by Crippen LogP contribution is 2.27. The molecule has 0 saturated carbocycles. The number of amides is 1. The minimum Gasteiger partial charge on any atom is -0.373 e. The monoisotopic (exact) mass is 364 g/mol. The molecule has 5 heteroatoms. The summed E-state index contributed by atoms with van der Waals surface area (Å²) in [6.45, 7) is 3.44. The number of hydrogen-bond acceptors (Lipinski definition) is 3. The Morgan fingerprint density at radius 2 is 2.19 bits per heavy atom. The van der Waals surface area contributed by atoms with Crippen LogP contribution in [0, 0.1) is 0 Å². The fourth-order valence-corrected chi connectivity index (χ4v) is 4.14. The molecule has 0 saturated heterocycles. The number of rotatable bonds is 4. The third-order valence-corrected chi connectivity index (χ3v) is 5.35. The first kappa shape index (κ1) is 14.6. The number of carbonyl (C=O) groups is 1. The molecular formula is C16H17BrN2OS. The largest absolute Gasteiger partial charge is 0.373 e. The third-order valence-electron chi connectivity index (χ3n) is 3.74. The van der Waals surface area contributed by atoms with Crippen LogP contribution in [0.5, 0.6) is 0 Å². The molecule has 2 aromatic rings. The molecule has 0 spiro atoms. The van der Waals surface area contributed by atoms with Crippen LogP contribution in [0.1, 0.15) is 17.4 Å². The summed E-state index contributed by atoms with van der Waals surface area (Å²) in [5.41, 5.74) is 2.32. The van der Waals surface area contributed by atoms with Gasteiger partial charge in [0.2, 0.25) is 5.91 Å². The van der Waals surface area contributed by atoms with E-state index in [1.807, 2.05) is 36.1 Å². The lowest BCUT2D eigenvalue weighted by Gasteiger charge is -2.24. The standard InChI is InChI=1S/C16H17BrN2OS/c1-2-19(10-12-7-8-15(17)21-12)16(20)14-9-11-5-3-4-6-13(11)18-14/h3-8,14,18H,2,9-10H2,1H3/t14-/m0/s1. The van der Waals surface area contributed by atoms with Gasteiger partial charge in [0.25, 0.3) is 0 Å². The van der Waals surface area contributed by atoms with Gasteiger partial charge >= 0.3 is 0 Å². The zero-order valence-corrected chi connectivity index (χ0v) is 14.2. The summed E-state index contributed by atoms with van der Waals surface area (Å²) in [7, 11) is 0. The molecule has 0 aliphatic carbocycles. The first-order valence-corrected chi connectivity index (χ1v) is 8.65. The molecular weight excluding hydrogens is 348 g/mol. The Morgan fingerprint density at radius 3 is 2.86 bits per heavy atom. The van der Waals surface area contributed by atoms with Crippen molar-refractivity contribution >= 4 is 38.9 Å². The maximum atomic E-state index is 12.7. The molecule has 2 heterocycles. The SMILES string of the molecule is CCN(Cc1ccc(Br)s1)C(=O)[C@@H]1Cc2ccccc2N1.